The molecule has 0 saturated carbocycles. The van der Waals surface area contributed by atoms with Crippen molar-refractivity contribution >= 4 is 16.0 Å². The van der Waals surface area contributed by atoms with Crippen molar-refractivity contribution in [2.24, 2.45) is 0 Å². The minimum atomic E-state index is -3.82. The molecule has 2 N–H and O–H groups in total. The van der Waals surface area contributed by atoms with Crippen molar-refractivity contribution in [2.45, 2.75) is 32.1 Å². The molecule has 0 aliphatic rings. The standard InChI is InChI=1S/C17H22N2O4S/c1-4-23-17(20)15-12(2)19-13(3)16(15)24(21,22)18-11-10-14-8-6-5-7-9-14/h5-9,18-19H,4,10-11H2,1-3H3. The van der Waals surface area contributed by atoms with Gasteiger partial charge in [-0.1, -0.05) is 30.3 Å². The number of rotatable bonds is 7. The lowest BCUT2D eigenvalue weighted by Gasteiger charge is -2.09. The van der Waals surface area contributed by atoms with E-state index in [1.165, 1.54) is 0 Å². The van der Waals surface area contributed by atoms with Gasteiger partial charge in [-0.3, -0.25) is 0 Å². The molecule has 6 nitrogen and oxygen atoms in total. The van der Waals surface area contributed by atoms with Crippen LogP contribution >= 0.6 is 0 Å². The van der Waals surface area contributed by atoms with Crippen molar-refractivity contribution in [3.63, 3.8) is 0 Å². The van der Waals surface area contributed by atoms with Crippen LogP contribution in [0.15, 0.2) is 35.2 Å². The number of hydrogen-bond donors (Lipinski definition) is 2. The first-order chi connectivity index (χ1) is 11.4. The first-order valence-corrected chi connectivity index (χ1v) is 9.25. The van der Waals surface area contributed by atoms with E-state index in [4.69, 9.17) is 4.74 Å². The van der Waals surface area contributed by atoms with Crippen LogP contribution < -0.4 is 4.72 Å². The number of aromatic amines is 1. The van der Waals surface area contributed by atoms with E-state index in [2.05, 4.69) is 9.71 Å². The summed E-state index contributed by atoms with van der Waals surface area (Å²) in [7, 11) is -3.82. The molecule has 1 aromatic heterocycles. The van der Waals surface area contributed by atoms with Crippen LogP contribution in [0, 0.1) is 13.8 Å². The molecule has 0 aliphatic heterocycles. The lowest BCUT2D eigenvalue weighted by atomic mass is 10.2. The topological polar surface area (TPSA) is 88.3 Å². The summed E-state index contributed by atoms with van der Waals surface area (Å²) in [4.78, 5) is 15.0. The van der Waals surface area contributed by atoms with Gasteiger partial charge in [0.05, 0.1) is 6.61 Å². The molecule has 0 aliphatic carbocycles. The van der Waals surface area contributed by atoms with E-state index in [0.717, 1.165) is 5.56 Å². The predicted octanol–water partition coefficient (Wildman–Crippen LogP) is 2.33. The maximum atomic E-state index is 12.6. The van der Waals surface area contributed by atoms with E-state index >= 15 is 0 Å². The highest BCUT2D eigenvalue weighted by molar-refractivity contribution is 7.89. The van der Waals surface area contributed by atoms with Crippen molar-refractivity contribution in [3.8, 4) is 0 Å². The molecule has 0 bridgehead atoms. The van der Waals surface area contributed by atoms with Crippen LogP contribution in [0.4, 0.5) is 0 Å². The van der Waals surface area contributed by atoms with Gasteiger partial charge in [-0.2, -0.15) is 0 Å². The molecule has 130 valence electrons. The number of carbonyl (C=O) groups is 1. The number of sulfonamides is 1. The van der Waals surface area contributed by atoms with E-state index in [1.54, 1.807) is 20.8 Å². The number of hydrogen-bond acceptors (Lipinski definition) is 4. The van der Waals surface area contributed by atoms with Crippen LogP contribution in [0.3, 0.4) is 0 Å². The average molecular weight is 350 g/mol. The van der Waals surface area contributed by atoms with Crippen LogP contribution in [-0.2, 0) is 21.2 Å². The minimum Gasteiger partial charge on any atom is -0.462 e. The third-order valence-electron chi connectivity index (χ3n) is 3.61. The lowest BCUT2D eigenvalue weighted by Crippen LogP contribution is -2.28. The first kappa shape index (κ1) is 18.2. The Hall–Kier alpha value is -2.12. The van der Waals surface area contributed by atoms with Gasteiger partial charge in [-0.25, -0.2) is 17.9 Å². The number of nitrogens with one attached hydrogen (secondary N) is 2. The molecule has 1 heterocycles. The number of carbonyl (C=O) groups excluding carboxylic acids is 1. The Balaban J connectivity index is 2.21. The van der Waals surface area contributed by atoms with Gasteiger partial charge in [0.25, 0.3) is 0 Å². The lowest BCUT2D eigenvalue weighted by molar-refractivity contribution is 0.0521. The molecular weight excluding hydrogens is 328 g/mol. The van der Waals surface area contributed by atoms with Gasteiger partial charge in [-0.05, 0) is 32.8 Å². The Bertz CT molecular complexity index is 811. The van der Waals surface area contributed by atoms with Gasteiger partial charge in [0, 0.05) is 17.9 Å². The minimum absolute atomic E-state index is 0.0356. The van der Waals surface area contributed by atoms with E-state index in [9.17, 15) is 13.2 Å². The van der Waals surface area contributed by atoms with Crippen molar-refractivity contribution in [2.75, 3.05) is 13.2 Å². The second-order valence-electron chi connectivity index (χ2n) is 5.43. The Labute approximate surface area is 142 Å². The number of aryl methyl sites for hydroxylation is 2. The predicted molar refractivity (Wildman–Crippen MR) is 91.6 cm³/mol. The van der Waals surface area contributed by atoms with Crippen LogP contribution in [0.25, 0.3) is 0 Å². The summed E-state index contributed by atoms with van der Waals surface area (Å²) in [5, 5.41) is 0. The summed E-state index contributed by atoms with van der Waals surface area (Å²) in [5.74, 6) is -0.636. The van der Waals surface area contributed by atoms with Crippen LogP contribution in [0.1, 0.15) is 34.2 Å². The third-order valence-corrected chi connectivity index (χ3v) is 5.25. The summed E-state index contributed by atoms with van der Waals surface area (Å²) in [6.45, 7) is 5.39. The SMILES string of the molecule is CCOC(=O)c1c(C)[nH]c(C)c1S(=O)(=O)NCCc1ccccc1. The molecule has 2 rings (SSSR count). The maximum absolute atomic E-state index is 12.6. The molecule has 7 heteroatoms. The molecule has 2 aromatic rings. The van der Waals surface area contributed by atoms with Crippen molar-refractivity contribution in [3.05, 3.63) is 52.8 Å². The number of aromatic nitrogens is 1. The van der Waals surface area contributed by atoms with E-state index in [0.29, 0.717) is 17.8 Å². The van der Waals surface area contributed by atoms with Crippen LogP contribution in [0.2, 0.25) is 0 Å². The monoisotopic (exact) mass is 350 g/mol. The second kappa shape index (κ2) is 7.63. The van der Waals surface area contributed by atoms with Crippen molar-refractivity contribution in [1.29, 1.82) is 0 Å². The van der Waals surface area contributed by atoms with Gasteiger partial charge < -0.3 is 9.72 Å². The van der Waals surface area contributed by atoms with E-state index in [-0.39, 0.29) is 23.6 Å². The highest BCUT2D eigenvalue weighted by Gasteiger charge is 2.29. The van der Waals surface area contributed by atoms with Crippen LogP contribution in [0.5, 0.6) is 0 Å². The normalized spacial score (nSPS) is 11.5. The van der Waals surface area contributed by atoms with Gasteiger partial charge in [0.1, 0.15) is 10.5 Å². The van der Waals surface area contributed by atoms with Gasteiger partial charge in [0.2, 0.25) is 10.0 Å². The average Bonchev–Trinajstić information content (AvgIpc) is 2.83. The third kappa shape index (κ3) is 4.04. The molecular formula is C17H22N2O4S. The fraction of sp³-hybridized carbons (Fsp3) is 0.353. The van der Waals surface area contributed by atoms with E-state index < -0.39 is 16.0 Å². The molecule has 0 saturated heterocycles. The highest BCUT2D eigenvalue weighted by atomic mass is 32.2. The second-order valence-corrected chi connectivity index (χ2v) is 7.14. The molecule has 0 fully saturated rings. The molecule has 24 heavy (non-hydrogen) atoms. The Morgan fingerprint density at radius 1 is 1.17 bits per heavy atom. The molecule has 0 atom stereocenters. The zero-order chi connectivity index (χ0) is 17.7. The summed E-state index contributed by atoms with van der Waals surface area (Å²) in [6, 6.07) is 9.59. The summed E-state index contributed by atoms with van der Waals surface area (Å²) < 4.78 is 32.8. The zero-order valence-corrected chi connectivity index (χ0v) is 14.9. The summed E-state index contributed by atoms with van der Waals surface area (Å²) in [6.07, 6.45) is 0.567. The van der Waals surface area contributed by atoms with Crippen molar-refractivity contribution in [1.82, 2.24) is 9.71 Å². The smallest absolute Gasteiger partial charge is 0.341 e. The molecule has 0 spiro atoms. The summed E-state index contributed by atoms with van der Waals surface area (Å²) >= 11 is 0. The maximum Gasteiger partial charge on any atom is 0.341 e. The molecule has 0 radical (unpaired) electrons. The van der Waals surface area contributed by atoms with Gasteiger partial charge in [0.15, 0.2) is 0 Å². The Morgan fingerprint density at radius 3 is 2.46 bits per heavy atom. The summed E-state index contributed by atoms with van der Waals surface area (Å²) in [5.41, 5.74) is 2.01. The van der Waals surface area contributed by atoms with Crippen LogP contribution in [-0.4, -0.2) is 32.5 Å². The fourth-order valence-corrected chi connectivity index (χ4v) is 4.06. The molecule has 0 amide bonds. The number of esters is 1. The molecule has 1 aromatic carbocycles. The Kier molecular flexibility index (Phi) is 5.80. The van der Waals surface area contributed by atoms with Crippen molar-refractivity contribution < 1.29 is 17.9 Å². The number of benzene rings is 1. The zero-order valence-electron chi connectivity index (χ0n) is 14.0. The van der Waals surface area contributed by atoms with E-state index in [1.807, 2.05) is 30.3 Å². The number of ether oxygens (including phenoxy) is 1. The molecule has 0 unspecified atom stereocenters. The fourth-order valence-electron chi connectivity index (χ4n) is 2.59. The van der Waals surface area contributed by atoms with Gasteiger partial charge in [-0.15, -0.1) is 0 Å². The quantitative estimate of drug-likeness (QED) is 0.750. The number of H-pyrrole nitrogens is 1. The largest absolute Gasteiger partial charge is 0.462 e. The first-order valence-electron chi connectivity index (χ1n) is 7.76. The van der Waals surface area contributed by atoms with Gasteiger partial charge >= 0.3 is 5.97 Å². The Morgan fingerprint density at radius 2 is 1.83 bits per heavy atom. The highest BCUT2D eigenvalue weighted by Crippen LogP contribution is 2.24.